The Hall–Kier alpha value is -1.29. The van der Waals surface area contributed by atoms with E-state index >= 15 is 0 Å². The molecule has 2 heterocycles. The van der Waals surface area contributed by atoms with E-state index in [1.165, 1.54) is 12.8 Å². The Labute approximate surface area is 110 Å². The fraction of sp³-hybridized carbons (Fsp3) is 0.643. The number of nitrogens with zero attached hydrogens (tertiary/aromatic N) is 3. The monoisotopic (exact) mass is 248 g/mol. The Kier molecular flexibility index (Phi) is 4.42. The Bertz CT molecular complexity index is 390. The van der Waals surface area contributed by atoms with Crippen LogP contribution in [-0.4, -0.2) is 36.2 Å². The fourth-order valence-electron chi connectivity index (χ4n) is 2.65. The first kappa shape index (κ1) is 13.1. The highest BCUT2D eigenvalue weighted by Gasteiger charge is 2.17. The van der Waals surface area contributed by atoms with Crippen molar-refractivity contribution in [3.05, 3.63) is 24.5 Å². The first-order valence-corrected chi connectivity index (χ1v) is 6.77. The van der Waals surface area contributed by atoms with E-state index in [9.17, 15) is 0 Å². The summed E-state index contributed by atoms with van der Waals surface area (Å²) in [7, 11) is 2.14. The van der Waals surface area contributed by atoms with Crippen molar-refractivity contribution in [2.75, 3.05) is 31.6 Å². The van der Waals surface area contributed by atoms with Gasteiger partial charge in [0.2, 0.25) is 5.95 Å². The minimum absolute atomic E-state index is 0.783. The SMILES string of the molecule is C=CCn1cc(C)nc1N(C)CC1CCNCC1. The van der Waals surface area contributed by atoms with Gasteiger partial charge < -0.3 is 14.8 Å². The van der Waals surface area contributed by atoms with Crippen molar-refractivity contribution in [3.8, 4) is 0 Å². The lowest BCUT2D eigenvalue weighted by atomic mass is 9.98. The van der Waals surface area contributed by atoms with Crippen LogP contribution in [0.3, 0.4) is 0 Å². The van der Waals surface area contributed by atoms with Crippen LogP contribution in [-0.2, 0) is 6.54 Å². The minimum atomic E-state index is 0.783. The Morgan fingerprint density at radius 2 is 2.28 bits per heavy atom. The molecule has 100 valence electrons. The summed E-state index contributed by atoms with van der Waals surface area (Å²) in [5.74, 6) is 1.84. The van der Waals surface area contributed by atoms with Crippen LogP contribution in [0.4, 0.5) is 5.95 Å². The van der Waals surface area contributed by atoms with E-state index in [0.717, 1.165) is 43.7 Å². The second-order valence-electron chi connectivity index (χ2n) is 5.20. The van der Waals surface area contributed by atoms with Crippen molar-refractivity contribution in [1.29, 1.82) is 0 Å². The summed E-state index contributed by atoms with van der Waals surface area (Å²) in [6.45, 7) is 10.1. The molecule has 0 atom stereocenters. The van der Waals surface area contributed by atoms with Crippen molar-refractivity contribution in [1.82, 2.24) is 14.9 Å². The van der Waals surface area contributed by atoms with Gasteiger partial charge in [-0.2, -0.15) is 0 Å². The molecular weight excluding hydrogens is 224 g/mol. The molecular formula is C14H24N4. The maximum atomic E-state index is 4.62. The van der Waals surface area contributed by atoms with E-state index < -0.39 is 0 Å². The standard InChI is InChI=1S/C14H24N4/c1-4-9-18-10-12(2)16-14(18)17(3)11-13-5-7-15-8-6-13/h4,10,13,15H,1,5-9,11H2,2-3H3. The zero-order valence-corrected chi connectivity index (χ0v) is 11.5. The van der Waals surface area contributed by atoms with Gasteiger partial charge in [-0.05, 0) is 38.8 Å². The summed E-state index contributed by atoms with van der Waals surface area (Å²) in [5.41, 5.74) is 1.07. The normalized spacial score (nSPS) is 16.8. The molecule has 1 aliphatic heterocycles. The van der Waals surface area contributed by atoms with E-state index in [2.05, 4.69) is 39.6 Å². The molecule has 2 rings (SSSR count). The van der Waals surface area contributed by atoms with Crippen LogP contribution in [0.2, 0.25) is 0 Å². The number of anilines is 1. The second kappa shape index (κ2) is 6.05. The van der Waals surface area contributed by atoms with E-state index in [1.54, 1.807) is 0 Å². The Morgan fingerprint density at radius 1 is 1.56 bits per heavy atom. The van der Waals surface area contributed by atoms with Crippen molar-refractivity contribution < 1.29 is 0 Å². The highest BCUT2D eigenvalue weighted by molar-refractivity contribution is 5.32. The highest BCUT2D eigenvalue weighted by Crippen LogP contribution is 2.18. The summed E-state index contributed by atoms with van der Waals surface area (Å²) in [6.07, 6.45) is 6.55. The molecule has 18 heavy (non-hydrogen) atoms. The maximum Gasteiger partial charge on any atom is 0.205 e. The zero-order chi connectivity index (χ0) is 13.0. The van der Waals surface area contributed by atoms with Gasteiger partial charge in [-0.25, -0.2) is 4.98 Å². The van der Waals surface area contributed by atoms with Crippen LogP contribution < -0.4 is 10.2 Å². The summed E-state index contributed by atoms with van der Waals surface area (Å²) < 4.78 is 2.17. The molecule has 1 fully saturated rings. The van der Waals surface area contributed by atoms with Gasteiger partial charge in [-0.1, -0.05) is 6.08 Å². The molecule has 0 bridgehead atoms. The maximum absolute atomic E-state index is 4.62. The van der Waals surface area contributed by atoms with Crippen molar-refractivity contribution in [2.45, 2.75) is 26.3 Å². The molecule has 4 heteroatoms. The van der Waals surface area contributed by atoms with Gasteiger partial charge in [0.05, 0.1) is 5.69 Å². The number of allylic oxidation sites excluding steroid dienone is 1. The van der Waals surface area contributed by atoms with E-state index in [1.807, 2.05) is 13.0 Å². The van der Waals surface area contributed by atoms with Gasteiger partial charge in [-0.3, -0.25) is 0 Å². The van der Waals surface area contributed by atoms with Gasteiger partial charge in [0.25, 0.3) is 0 Å². The van der Waals surface area contributed by atoms with Crippen molar-refractivity contribution in [2.24, 2.45) is 5.92 Å². The van der Waals surface area contributed by atoms with Crippen LogP contribution in [0.1, 0.15) is 18.5 Å². The quantitative estimate of drug-likeness (QED) is 0.807. The first-order chi connectivity index (χ1) is 8.70. The molecule has 1 N–H and O–H groups in total. The van der Waals surface area contributed by atoms with Gasteiger partial charge in [-0.15, -0.1) is 6.58 Å². The number of nitrogens with one attached hydrogen (secondary N) is 1. The number of imidazole rings is 1. The number of aromatic nitrogens is 2. The largest absolute Gasteiger partial charge is 0.345 e. The van der Waals surface area contributed by atoms with Gasteiger partial charge >= 0.3 is 0 Å². The van der Waals surface area contributed by atoms with E-state index in [4.69, 9.17) is 0 Å². The molecule has 0 spiro atoms. The average molecular weight is 248 g/mol. The predicted molar refractivity (Wildman–Crippen MR) is 76.0 cm³/mol. The van der Waals surface area contributed by atoms with Crippen molar-refractivity contribution >= 4 is 5.95 Å². The Morgan fingerprint density at radius 3 is 2.94 bits per heavy atom. The summed E-state index contributed by atoms with van der Waals surface area (Å²) in [6, 6.07) is 0. The van der Waals surface area contributed by atoms with Crippen LogP contribution in [0.5, 0.6) is 0 Å². The molecule has 0 saturated carbocycles. The third kappa shape index (κ3) is 3.13. The smallest absolute Gasteiger partial charge is 0.205 e. The number of piperidine rings is 1. The lowest BCUT2D eigenvalue weighted by Gasteiger charge is -2.28. The third-order valence-corrected chi connectivity index (χ3v) is 3.53. The van der Waals surface area contributed by atoms with Crippen LogP contribution in [0.15, 0.2) is 18.9 Å². The lowest BCUT2D eigenvalue weighted by molar-refractivity contribution is 0.376. The predicted octanol–water partition coefficient (Wildman–Crippen LogP) is 1.81. The number of rotatable bonds is 5. The van der Waals surface area contributed by atoms with Gasteiger partial charge in [0.15, 0.2) is 0 Å². The fourth-order valence-corrected chi connectivity index (χ4v) is 2.65. The second-order valence-corrected chi connectivity index (χ2v) is 5.20. The minimum Gasteiger partial charge on any atom is -0.345 e. The van der Waals surface area contributed by atoms with Gasteiger partial charge in [0, 0.05) is 26.3 Å². The summed E-state index contributed by atoms with van der Waals surface area (Å²) >= 11 is 0. The van der Waals surface area contributed by atoms with E-state index in [-0.39, 0.29) is 0 Å². The number of hydrogen-bond acceptors (Lipinski definition) is 3. The third-order valence-electron chi connectivity index (χ3n) is 3.53. The Balaban J connectivity index is 2.02. The molecule has 1 saturated heterocycles. The molecule has 4 nitrogen and oxygen atoms in total. The summed E-state index contributed by atoms with van der Waals surface area (Å²) in [4.78, 5) is 6.90. The van der Waals surface area contributed by atoms with Crippen LogP contribution in [0.25, 0.3) is 0 Å². The lowest BCUT2D eigenvalue weighted by Crippen LogP contribution is -2.35. The first-order valence-electron chi connectivity index (χ1n) is 6.77. The van der Waals surface area contributed by atoms with Gasteiger partial charge in [0.1, 0.15) is 0 Å². The zero-order valence-electron chi connectivity index (χ0n) is 11.5. The molecule has 0 amide bonds. The summed E-state index contributed by atoms with van der Waals surface area (Å²) in [5, 5.41) is 3.41. The number of hydrogen-bond donors (Lipinski definition) is 1. The number of aryl methyl sites for hydroxylation is 1. The molecule has 1 aliphatic rings. The average Bonchev–Trinajstić information content (AvgIpc) is 2.72. The van der Waals surface area contributed by atoms with Crippen LogP contribution in [0, 0.1) is 12.8 Å². The molecule has 1 aromatic rings. The van der Waals surface area contributed by atoms with E-state index in [0.29, 0.717) is 0 Å². The molecule has 1 aromatic heterocycles. The molecule has 0 aliphatic carbocycles. The molecule has 0 radical (unpaired) electrons. The highest BCUT2D eigenvalue weighted by atomic mass is 15.3. The van der Waals surface area contributed by atoms with Crippen molar-refractivity contribution in [3.63, 3.8) is 0 Å². The molecule has 0 unspecified atom stereocenters. The molecule has 0 aromatic carbocycles. The topological polar surface area (TPSA) is 33.1 Å². The van der Waals surface area contributed by atoms with Crippen LogP contribution >= 0.6 is 0 Å².